The highest BCUT2D eigenvalue weighted by molar-refractivity contribution is 5.77. The van der Waals surface area contributed by atoms with Crippen molar-refractivity contribution in [2.45, 2.75) is 52.6 Å². The third-order valence-corrected chi connectivity index (χ3v) is 4.50. The Hall–Kier alpha value is -2.50. The number of nitrogens with two attached hydrogens (primary N) is 1. The molecule has 11 nitrogen and oxygen atoms in total. The molecule has 0 aliphatic heterocycles. The van der Waals surface area contributed by atoms with Gasteiger partial charge in [0.2, 0.25) is 5.72 Å². The quantitative estimate of drug-likeness (QED) is 0.218. The first-order valence-electron chi connectivity index (χ1n) is 9.42. The van der Waals surface area contributed by atoms with E-state index in [1.54, 1.807) is 27.7 Å². The van der Waals surface area contributed by atoms with Gasteiger partial charge in [-0.05, 0) is 31.5 Å². The number of nitrogens with zero attached hydrogens (tertiary/aromatic N) is 2. The van der Waals surface area contributed by atoms with Crippen LogP contribution in [0.15, 0.2) is 17.1 Å². The fourth-order valence-corrected chi connectivity index (χ4v) is 2.75. The molecule has 164 valence electrons. The third-order valence-electron chi connectivity index (χ3n) is 4.50. The molecule has 1 aromatic rings. The van der Waals surface area contributed by atoms with Crippen LogP contribution in [0.1, 0.15) is 34.1 Å². The maximum Gasteiger partial charge on any atom is 0.351 e. The SMILES string of the molecule is CC(C)[C@H](NCCCN[C@](OCn1ccc(N)nc1=O)(C(=O)O)C(C)C)C(=O)O. The molecule has 0 aromatic carbocycles. The Labute approximate surface area is 169 Å². The molecule has 2 atom stereocenters. The molecule has 0 radical (unpaired) electrons. The van der Waals surface area contributed by atoms with Crippen LogP contribution in [-0.2, 0) is 21.1 Å². The Kier molecular flexibility index (Phi) is 9.21. The average Bonchev–Trinajstić information content (AvgIpc) is 2.60. The topological polar surface area (TPSA) is 169 Å². The fraction of sp³-hybridized carbons (Fsp3) is 0.667. The van der Waals surface area contributed by atoms with Crippen molar-refractivity contribution >= 4 is 17.8 Å². The van der Waals surface area contributed by atoms with E-state index in [0.29, 0.717) is 13.0 Å². The standard InChI is InChI=1S/C18H31N5O6/c1-11(2)14(15(24)25)20-7-5-8-21-18(12(3)4,16(26)27)29-10-23-9-6-13(19)22-17(23)28/h6,9,11-12,14,20-21H,5,7-8,10H2,1-4H3,(H,24,25)(H,26,27)(H2,19,22,28)/t14-,18+/m0/s1. The lowest BCUT2D eigenvalue weighted by molar-refractivity contribution is -0.188. The molecular weight excluding hydrogens is 382 g/mol. The van der Waals surface area contributed by atoms with Crippen molar-refractivity contribution in [1.82, 2.24) is 20.2 Å². The van der Waals surface area contributed by atoms with Crippen LogP contribution < -0.4 is 22.1 Å². The molecule has 0 bridgehead atoms. The summed E-state index contributed by atoms with van der Waals surface area (Å²) in [7, 11) is 0. The Morgan fingerprint density at radius 3 is 2.41 bits per heavy atom. The molecule has 1 rings (SSSR count). The minimum absolute atomic E-state index is 0.0614. The van der Waals surface area contributed by atoms with Gasteiger partial charge >= 0.3 is 17.6 Å². The number of aliphatic carboxylic acids is 2. The van der Waals surface area contributed by atoms with Crippen LogP contribution in [0.5, 0.6) is 0 Å². The maximum absolute atomic E-state index is 12.0. The van der Waals surface area contributed by atoms with Gasteiger partial charge in [0.15, 0.2) is 0 Å². The summed E-state index contributed by atoms with van der Waals surface area (Å²) in [5.74, 6) is -2.63. The number of ether oxygens (including phenoxy) is 1. The van der Waals surface area contributed by atoms with E-state index in [9.17, 15) is 24.6 Å². The van der Waals surface area contributed by atoms with Gasteiger partial charge < -0.3 is 26.0 Å². The molecule has 0 saturated heterocycles. The first-order chi connectivity index (χ1) is 13.5. The van der Waals surface area contributed by atoms with Crippen molar-refractivity contribution in [1.29, 1.82) is 0 Å². The first-order valence-corrected chi connectivity index (χ1v) is 9.42. The van der Waals surface area contributed by atoms with Crippen LogP contribution in [-0.4, -0.2) is 56.6 Å². The second-order valence-corrected chi connectivity index (χ2v) is 7.37. The van der Waals surface area contributed by atoms with E-state index in [1.165, 1.54) is 12.3 Å². The van der Waals surface area contributed by atoms with Crippen molar-refractivity contribution in [3.05, 3.63) is 22.7 Å². The predicted molar refractivity (Wildman–Crippen MR) is 106 cm³/mol. The van der Waals surface area contributed by atoms with Crippen LogP contribution in [0.2, 0.25) is 0 Å². The summed E-state index contributed by atoms with van der Waals surface area (Å²) in [5.41, 5.74) is 3.07. The third kappa shape index (κ3) is 6.80. The van der Waals surface area contributed by atoms with Gasteiger partial charge in [-0.1, -0.05) is 27.7 Å². The normalized spacial score (nSPS) is 14.7. The molecule has 0 saturated carbocycles. The summed E-state index contributed by atoms with van der Waals surface area (Å²) in [4.78, 5) is 38.6. The molecule has 0 fully saturated rings. The fourth-order valence-electron chi connectivity index (χ4n) is 2.75. The molecule has 1 aromatic heterocycles. The first kappa shape index (κ1) is 24.5. The number of nitrogens with one attached hydrogen (secondary N) is 2. The van der Waals surface area contributed by atoms with E-state index >= 15 is 0 Å². The monoisotopic (exact) mass is 413 g/mol. The van der Waals surface area contributed by atoms with Crippen molar-refractivity contribution in [2.75, 3.05) is 18.8 Å². The summed E-state index contributed by atoms with van der Waals surface area (Å²) in [6.07, 6.45) is 1.85. The number of hydrogen-bond donors (Lipinski definition) is 5. The highest BCUT2D eigenvalue weighted by atomic mass is 16.6. The molecule has 0 amide bonds. The number of carboxylic acids is 2. The van der Waals surface area contributed by atoms with Gasteiger partial charge in [0.05, 0.1) is 0 Å². The van der Waals surface area contributed by atoms with E-state index in [4.69, 9.17) is 10.5 Å². The van der Waals surface area contributed by atoms with Gasteiger partial charge in [0, 0.05) is 12.1 Å². The lowest BCUT2D eigenvalue weighted by atomic mass is 9.99. The molecule has 29 heavy (non-hydrogen) atoms. The predicted octanol–water partition coefficient (Wildman–Crippen LogP) is -0.0850. The smallest absolute Gasteiger partial charge is 0.351 e. The number of nitrogen functional groups attached to an aromatic ring is 1. The summed E-state index contributed by atoms with van der Waals surface area (Å²) < 4.78 is 6.73. The number of hydrogen-bond acceptors (Lipinski definition) is 8. The maximum atomic E-state index is 12.0. The Bertz CT molecular complexity index is 751. The zero-order chi connectivity index (χ0) is 22.2. The van der Waals surface area contributed by atoms with Crippen LogP contribution in [0.3, 0.4) is 0 Å². The van der Waals surface area contributed by atoms with E-state index in [0.717, 1.165) is 4.57 Å². The van der Waals surface area contributed by atoms with Gasteiger partial charge in [-0.2, -0.15) is 4.98 Å². The molecule has 0 unspecified atom stereocenters. The van der Waals surface area contributed by atoms with E-state index < -0.39 is 35.3 Å². The molecule has 0 aliphatic rings. The second-order valence-electron chi connectivity index (χ2n) is 7.37. The highest BCUT2D eigenvalue weighted by Gasteiger charge is 2.43. The van der Waals surface area contributed by atoms with Crippen molar-refractivity contribution in [3.63, 3.8) is 0 Å². The minimum atomic E-state index is -1.73. The summed E-state index contributed by atoms with van der Waals surface area (Å²) in [6.45, 7) is 7.30. The van der Waals surface area contributed by atoms with Gasteiger partial charge in [-0.3, -0.25) is 14.7 Å². The van der Waals surface area contributed by atoms with Gasteiger partial charge in [0.1, 0.15) is 18.6 Å². The Morgan fingerprint density at radius 2 is 1.93 bits per heavy atom. The van der Waals surface area contributed by atoms with E-state index in [1.807, 2.05) is 0 Å². The Morgan fingerprint density at radius 1 is 1.28 bits per heavy atom. The van der Waals surface area contributed by atoms with Crippen molar-refractivity contribution in [3.8, 4) is 0 Å². The number of carboxylic acid groups (broad SMARTS) is 2. The van der Waals surface area contributed by atoms with Crippen molar-refractivity contribution in [2.24, 2.45) is 11.8 Å². The van der Waals surface area contributed by atoms with Crippen LogP contribution in [0.4, 0.5) is 5.82 Å². The minimum Gasteiger partial charge on any atom is -0.480 e. The van der Waals surface area contributed by atoms with E-state index in [2.05, 4.69) is 15.6 Å². The van der Waals surface area contributed by atoms with Crippen molar-refractivity contribution < 1.29 is 24.5 Å². The highest BCUT2D eigenvalue weighted by Crippen LogP contribution is 2.20. The lowest BCUT2D eigenvalue weighted by Gasteiger charge is -2.34. The molecule has 6 N–H and O–H groups in total. The van der Waals surface area contributed by atoms with Crippen LogP contribution in [0.25, 0.3) is 0 Å². The van der Waals surface area contributed by atoms with E-state index in [-0.39, 0.29) is 25.0 Å². The van der Waals surface area contributed by atoms with Gasteiger partial charge in [-0.25, -0.2) is 9.59 Å². The molecular formula is C18H31N5O6. The molecule has 0 spiro atoms. The van der Waals surface area contributed by atoms with Gasteiger partial charge in [0.25, 0.3) is 0 Å². The van der Waals surface area contributed by atoms with Gasteiger partial charge in [-0.15, -0.1) is 0 Å². The van der Waals surface area contributed by atoms with Crippen LogP contribution in [0, 0.1) is 11.8 Å². The second kappa shape index (κ2) is 10.9. The molecule has 0 aliphatic carbocycles. The summed E-state index contributed by atoms with van der Waals surface area (Å²) in [6, 6.07) is 0.736. The number of carbonyl (C=O) groups is 2. The number of anilines is 1. The zero-order valence-electron chi connectivity index (χ0n) is 17.2. The largest absolute Gasteiger partial charge is 0.480 e. The average molecular weight is 413 g/mol. The van der Waals surface area contributed by atoms with Crippen LogP contribution >= 0.6 is 0 Å². The number of aromatic nitrogens is 2. The Balaban J connectivity index is 2.73. The molecule has 1 heterocycles. The molecule has 11 heteroatoms. The number of rotatable bonds is 13. The summed E-state index contributed by atoms with van der Waals surface area (Å²) in [5, 5.41) is 24.8. The lowest BCUT2D eigenvalue weighted by Crippen LogP contribution is -2.59. The zero-order valence-corrected chi connectivity index (χ0v) is 17.2. The summed E-state index contributed by atoms with van der Waals surface area (Å²) >= 11 is 0.